The Morgan fingerprint density at radius 3 is 2.46 bits per heavy atom. The minimum Gasteiger partial charge on any atom is -0.493 e. The van der Waals surface area contributed by atoms with Crippen LogP contribution in [0.1, 0.15) is 11.1 Å². The van der Waals surface area contributed by atoms with Crippen molar-refractivity contribution < 1.29 is 9.47 Å². The van der Waals surface area contributed by atoms with Crippen molar-refractivity contribution in [3.8, 4) is 17.2 Å². The fourth-order valence-electron chi connectivity index (χ4n) is 2.32. The molecular weight excluding hydrogens is 324 g/mol. The molecule has 0 fully saturated rings. The van der Waals surface area contributed by atoms with Crippen LogP contribution in [0.15, 0.2) is 47.6 Å². The molecule has 0 radical (unpaired) electrons. The van der Waals surface area contributed by atoms with Gasteiger partial charge in [0.1, 0.15) is 0 Å². The lowest BCUT2D eigenvalue weighted by molar-refractivity contribution is 0.354. The molecule has 0 N–H and O–H groups in total. The third kappa shape index (κ3) is 3.35. The van der Waals surface area contributed by atoms with Crippen molar-refractivity contribution in [1.29, 1.82) is 0 Å². The van der Waals surface area contributed by atoms with Crippen LogP contribution in [0, 0.1) is 6.92 Å². The summed E-state index contributed by atoms with van der Waals surface area (Å²) in [4.78, 5) is 0. The lowest BCUT2D eigenvalue weighted by Gasteiger charge is -2.12. The normalized spacial score (nSPS) is 10.6. The van der Waals surface area contributed by atoms with Gasteiger partial charge >= 0.3 is 0 Å². The number of tetrazole rings is 1. The highest BCUT2D eigenvalue weighted by molar-refractivity contribution is 7.98. The van der Waals surface area contributed by atoms with Gasteiger partial charge in [0.05, 0.1) is 19.9 Å². The molecule has 0 amide bonds. The molecule has 0 aliphatic carbocycles. The van der Waals surface area contributed by atoms with Gasteiger partial charge in [0.2, 0.25) is 5.16 Å². The lowest BCUT2D eigenvalue weighted by atomic mass is 10.1. The zero-order valence-electron chi connectivity index (χ0n) is 13.8. The summed E-state index contributed by atoms with van der Waals surface area (Å²) in [7, 11) is 3.28. The highest BCUT2D eigenvalue weighted by atomic mass is 32.2. The average Bonchev–Trinajstić information content (AvgIpc) is 3.09. The highest BCUT2D eigenvalue weighted by Crippen LogP contribution is 2.33. The minimum atomic E-state index is 0.723. The predicted octanol–water partition coefficient (Wildman–Crippen LogP) is 3.28. The second kappa shape index (κ2) is 7.35. The molecule has 0 saturated carbocycles. The number of nitrogens with zero attached hydrogens (tertiary/aromatic N) is 4. The van der Waals surface area contributed by atoms with Gasteiger partial charge in [-0.2, -0.15) is 4.68 Å². The smallest absolute Gasteiger partial charge is 0.214 e. The van der Waals surface area contributed by atoms with Crippen molar-refractivity contribution in [3.05, 3.63) is 53.6 Å². The zero-order chi connectivity index (χ0) is 16.9. The number of ether oxygens (including phenoxy) is 2. The second-order valence-electron chi connectivity index (χ2n) is 5.13. The summed E-state index contributed by atoms with van der Waals surface area (Å²) < 4.78 is 12.5. The number of aromatic nitrogens is 4. The van der Waals surface area contributed by atoms with Crippen molar-refractivity contribution in [2.24, 2.45) is 0 Å². The van der Waals surface area contributed by atoms with E-state index in [0.717, 1.165) is 39.2 Å². The van der Waals surface area contributed by atoms with E-state index < -0.39 is 0 Å². The Kier molecular flexibility index (Phi) is 5.00. The van der Waals surface area contributed by atoms with Crippen LogP contribution >= 0.6 is 11.8 Å². The van der Waals surface area contributed by atoms with E-state index in [1.165, 1.54) is 0 Å². The number of aryl methyl sites for hydroxylation is 1. The summed E-state index contributed by atoms with van der Waals surface area (Å²) in [5, 5.41) is 12.7. The summed E-state index contributed by atoms with van der Waals surface area (Å²) >= 11 is 1.58. The molecule has 0 atom stereocenters. The summed E-state index contributed by atoms with van der Waals surface area (Å²) in [6.07, 6.45) is 0. The number of benzene rings is 2. The Balaban J connectivity index is 1.81. The van der Waals surface area contributed by atoms with Gasteiger partial charge in [-0.05, 0) is 52.7 Å². The van der Waals surface area contributed by atoms with E-state index in [4.69, 9.17) is 9.47 Å². The molecule has 3 aromatic rings. The Morgan fingerprint density at radius 2 is 1.75 bits per heavy atom. The third-order valence-corrected chi connectivity index (χ3v) is 4.61. The largest absolute Gasteiger partial charge is 0.493 e. The van der Waals surface area contributed by atoms with Crippen LogP contribution in [0.5, 0.6) is 11.5 Å². The van der Waals surface area contributed by atoms with Crippen molar-refractivity contribution in [2.75, 3.05) is 14.2 Å². The van der Waals surface area contributed by atoms with E-state index in [9.17, 15) is 0 Å². The first-order valence-corrected chi connectivity index (χ1v) is 8.39. The van der Waals surface area contributed by atoms with Crippen LogP contribution < -0.4 is 9.47 Å². The van der Waals surface area contributed by atoms with Crippen molar-refractivity contribution >= 4 is 11.8 Å². The predicted molar refractivity (Wildman–Crippen MR) is 93.0 cm³/mol. The summed E-state index contributed by atoms with van der Waals surface area (Å²) in [6.45, 7) is 2.05. The molecule has 2 aromatic carbocycles. The SMILES string of the molecule is COc1cc(C)c(CSc2nnnn2-c2ccccc2)cc1OC. The summed E-state index contributed by atoms with van der Waals surface area (Å²) in [6, 6.07) is 13.8. The van der Waals surface area contributed by atoms with E-state index >= 15 is 0 Å². The van der Waals surface area contributed by atoms with E-state index in [0.29, 0.717) is 0 Å². The van der Waals surface area contributed by atoms with E-state index in [1.54, 1.807) is 30.7 Å². The molecule has 24 heavy (non-hydrogen) atoms. The number of para-hydroxylation sites is 1. The average molecular weight is 342 g/mol. The first-order chi connectivity index (χ1) is 11.7. The highest BCUT2D eigenvalue weighted by Gasteiger charge is 2.12. The van der Waals surface area contributed by atoms with Crippen LogP contribution in [-0.2, 0) is 5.75 Å². The zero-order valence-corrected chi connectivity index (χ0v) is 14.6. The van der Waals surface area contributed by atoms with Crippen LogP contribution in [0.3, 0.4) is 0 Å². The summed E-state index contributed by atoms with van der Waals surface area (Å²) in [5.74, 6) is 2.19. The van der Waals surface area contributed by atoms with Crippen molar-refractivity contribution in [3.63, 3.8) is 0 Å². The number of hydrogen-bond acceptors (Lipinski definition) is 6. The van der Waals surface area contributed by atoms with Gasteiger partial charge in [0.15, 0.2) is 11.5 Å². The van der Waals surface area contributed by atoms with Gasteiger partial charge in [-0.15, -0.1) is 5.10 Å². The monoisotopic (exact) mass is 342 g/mol. The van der Waals surface area contributed by atoms with Gasteiger partial charge in [-0.1, -0.05) is 30.0 Å². The second-order valence-corrected chi connectivity index (χ2v) is 6.07. The quantitative estimate of drug-likeness (QED) is 0.641. The first-order valence-electron chi connectivity index (χ1n) is 7.41. The number of thioether (sulfide) groups is 1. The molecule has 0 bridgehead atoms. The molecular formula is C17H18N4O2S. The summed E-state index contributed by atoms with van der Waals surface area (Å²) in [5.41, 5.74) is 3.23. The Hall–Kier alpha value is -2.54. The first kappa shape index (κ1) is 16.3. The molecule has 1 aromatic heterocycles. The molecule has 3 rings (SSSR count). The number of methoxy groups -OCH3 is 2. The van der Waals surface area contributed by atoms with Crippen LogP contribution in [0.25, 0.3) is 5.69 Å². The molecule has 0 spiro atoms. The fourth-order valence-corrected chi connectivity index (χ4v) is 3.27. The Morgan fingerprint density at radius 1 is 1.04 bits per heavy atom. The maximum atomic E-state index is 5.38. The molecule has 1 heterocycles. The molecule has 0 saturated heterocycles. The molecule has 0 aliphatic heterocycles. The molecule has 6 nitrogen and oxygen atoms in total. The lowest BCUT2D eigenvalue weighted by Crippen LogP contribution is -1.99. The Bertz CT molecular complexity index is 821. The van der Waals surface area contributed by atoms with Crippen LogP contribution in [0.2, 0.25) is 0 Å². The maximum absolute atomic E-state index is 5.38. The van der Waals surface area contributed by atoms with Crippen molar-refractivity contribution in [2.45, 2.75) is 17.8 Å². The Labute approximate surface area is 144 Å². The molecule has 0 unspecified atom stereocenters. The minimum absolute atomic E-state index is 0.723. The van der Waals surface area contributed by atoms with Gasteiger partial charge in [-0.25, -0.2) is 0 Å². The molecule has 124 valence electrons. The van der Waals surface area contributed by atoms with Crippen molar-refractivity contribution in [1.82, 2.24) is 20.2 Å². The standard InChI is InChI=1S/C17H18N4O2S/c1-12-9-15(22-2)16(23-3)10-13(12)11-24-17-18-19-20-21(17)14-7-5-4-6-8-14/h4-10H,11H2,1-3H3. The van der Waals surface area contributed by atoms with Crippen LogP contribution in [0.4, 0.5) is 0 Å². The topological polar surface area (TPSA) is 62.1 Å². The van der Waals surface area contributed by atoms with E-state index in [2.05, 4.69) is 22.4 Å². The fraction of sp³-hybridized carbons (Fsp3) is 0.235. The number of hydrogen-bond donors (Lipinski definition) is 0. The number of rotatable bonds is 6. The molecule has 7 heteroatoms. The van der Waals surface area contributed by atoms with Gasteiger partial charge in [0.25, 0.3) is 0 Å². The van der Waals surface area contributed by atoms with E-state index in [-0.39, 0.29) is 0 Å². The van der Waals surface area contributed by atoms with E-state index in [1.807, 2.05) is 42.5 Å². The van der Waals surface area contributed by atoms with Gasteiger partial charge in [-0.3, -0.25) is 0 Å². The maximum Gasteiger partial charge on any atom is 0.214 e. The van der Waals surface area contributed by atoms with Gasteiger partial charge < -0.3 is 9.47 Å². The third-order valence-electron chi connectivity index (χ3n) is 3.64. The molecule has 0 aliphatic rings. The van der Waals surface area contributed by atoms with Crippen LogP contribution in [-0.4, -0.2) is 34.4 Å². The van der Waals surface area contributed by atoms with Gasteiger partial charge in [0, 0.05) is 5.75 Å².